The fourth-order valence-corrected chi connectivity index (χ4v) is 1.62. The van der Waals surface area contributed by atoms with E-state index in [0.717, 1.165) is 5.56 Å². The van der Waals surface area contributed by atoms with Gasteiger partial charge in [-0.15, -0.1) is 0 Å². The molecule has 1 atom stereocenters. The van der Waals surface area contributed by atoms with Crippen LogP contribution in [0.4, 0.5) is 0 Å². The highest BCUT2D eigenvalue weighted by molar-refractivity contribution is 9.09. The van der Waals surface area contributed by atoms with Crippen molar-refractivity contribution < 1.29 is 0 Å². The number of alkyl halides is 1. The molecule has 0 saturated carbocycles. The number of rotatable bonds is 2. The molecule has 0 aliphatic heterocycles. The summed E-state index contributed by atoms with van der Waals surface area (Å²) in [6.45, 7) is 3.62. The van der Waals surface area contributed by atoms with E-state index in [4.69, 9.17) is 28.5 Å². The van der Waals surface area contributed by atoms with Crippen molar-refractivity contribution in [3.63, 3.8) is 0 Å². The lowest BCUT2D eigenvalue weighted by Crippen LogP contribution is -1.91. The van der Waals surface area contributed by atoms with E-state index >= 15 is 0 Å². The van der Waals surface area contributed by atoms with Gasteiger partial charge in [-0.3, -0.25) is 0 Å². The lowest BCUT2D eigenvalue weighted by molar-refractivity contribution is 1.19. The highest BCUT2D eigenvalue weighted by atomic mass is 79.9. The Balaban J connectivity index is 3.04. The zero-order valence-electron chi connectivity index (χ0n) is 7.10. The first kappa shape index (κ1) is 11.6. The minimum Gasteiger partial charge on any atom is -0.193 e. The molecule has 0 heterocycles. The Morgan fingerprint density at radius 2 is 2.07 bits per heavy atom. The summed E-state index contributed by atoms with van der Waals surface area (Å²) in [5, 5.41) is 9.62. The molecule has 1 rings (SSSR count). The zero-order chi connectivity index (χ0) is 10.7. The quantitative estimate of drug-likeness (QED) is 0.581. The normalized spacial score (nSPS) is 11.9. The molecule has 1 unspecified atom stereocenters. The lowest BCUT2D eigenvalue weighted by Gasteiger charge is -2.08. The monoisotopic (exact) mass is 289 g/mol. The van der Waals surface area contributed by atoms with Crippen LogP contribution in [0, 0.1) is 11.3 Å². The minimum absolute atomic E-state index is 0.206. The van der Waals surface area contributed by atoms with Crippen molar-refractivity contribution in [2.45, 2.75) is 4.83 Å². The van der Waals surface area contributed by atoms with E-state index in [1.54, 1.807) is 18.2 Å². The molecule has 1 aromatic carbocycles. The van der Waals surface area contributed by atoms with Gasteiger partial charge in [0.05, 0.1) is 20.9 Å². The van der Waals surface area contributed by atoms with Crippen LogP contribution in [0.2, 0.25) is 10.0 Å². The van der Waals surface area contributed by atoms with E-state index in [1.807, 2.05) is 6.07 Å². The number of nitriles is 1. The number of halogens is 3. The number of benzene rings is 1. The summed E-state index contributed by atoms with van der Waals surface area (Å²) < 4.78 is 0. The summed E-state index contributed by atoms with van der Waals surface area (Å²) in [7, 11) is 0. The highest BCUT2D eigenvalue weighted by Crippen LogP contribution is 2.33. The second-order valence-corrected chi connectivity index (χ2v) is 4.40. The Morgan fingerprint density at radius 1 is 1.43 bits per heavy atom. The van der Waals surface area contributed by atoms with Crippen molar-refractivity contribution in [2.24, 2.45) is 0 Å². The molecule has 0 bridgehead atoms. The molecule has 0 N–H and O–H groups in total. The first-order chi connectivity index (χ1) is 6.56. The summed E-state index contributed by atoms with van der Waals surface area (Å²) in [4.78, 5) is -0.206. The molecular weight excluding hydrogens is 285 g/mol. The average molecular weight is 291 g/mol. The average Bonchev–Trinajstić information content (AvgIpc) is 2.20. The van der Waals surface area contributed by atoms with Crippen molar-refractivity contribution >= 4 is 39.1 Å². The van der Waals surface area contributed by atoms with Gasteiger partial charge in [-0.05, 0) is 17.7 Å². The van der Waals surface area contributed by atoms with Gasteiger partial charge in [0.15, 0.2) is 0 Å². The molecule has 0 radical (unpaired) electrons. The molecule has 0 aliphatic rings. The highest BCUT2D eigenvalue weighted by Gasteiger charge is 2.12. The van der Waals surface area contributed by atoms with E-state index in [9.17, 15) is 0 Å². The van der Waals surface area contributed by atoms with Crippen LogP contribution < -0.4 is 0 Å². The molecule has 14 heavy (non-hydrogen) atoms. The molecule has 1 aromatic rings. The summed E-state index contributed by atoms with van der Waals surface area (Å²) in [6, 6.07) is 7.19. The Labute approximate surface area is 101 Å². The van der Waals surface area contributed by atoms with Gasteiger partial charge in [-0.25, -0.2) is 0 Å². The van der Waals surface area contributed by atoms with Gasteiger partial charge in [0.25, 0.3) is 0 Å². The van der Waals surface area contributed by atoms with Crippen LogP contribution in [0.3, 0.4) is 0 Å². The third-order valence-corrected chi connectivity index (χ3v) is 3.51. The van der Waals surface area contributed by atoms with Crippen molar-refractivity contribution in [1.29, 1.82) is 5.26 Å². The molecule has 0 aromatic heterocycles. The molecular formula is C10H6BrCl2N. The molecule has 0 saturated heterocycles. The van der Waals surface area contributed by atoms with Crippen molar-refractivity contribution in [1.82, 2.24) is 0 Å². The maximum absolute atomic E-state index is 8.65. The number of allylic oxidation sites excluding steroid dienone is 1. The summed E-state index contributed by atoms with van der Waals surface area (Å²) in [5.74, 6) is 0. The first-order valence-electron chi connectivity index (χ1n) is 3.74. The van der Waals surface area contributed by atoms with Crippen LogP contribution in [0.1, 0.15) is 10.4 Å². The summed E-state index contributed by atoms with van der Waals surface area (Å²) >= 11 is 15.0. The maximum Gasteiger partial charge on any atom is 0.0956 e. The summed E-state index contributed by atoms with van der Waals surface area (Å²) in [6.07, 6.45) is 0. The van der Waals surface area contributed by atoms with E-state index in [-0.39, 0.29) is 4.83 Å². The molecule has 0 aliphatic carbocycles. The van der Waals surface area contributed by atoms with E-state index in [1.165, 1.54) is 0 Å². The largest absolute Gasteiger partial charge is 0.193 e. The van der Waals surface area contributed by atoms with E-state index in [0.29, 0.717) is 15.6 Å². The van der Waals surface area contributed by atoms with Gasteiger partial charge < -0.3 is 0 Å². The molecule has 0 fully saturated rings. The Hall–Kier alpha value is -0.490. The predicted molar refractivity (Wildman–Crippen MR) is 62.9 cm³/mol. The first-order valence-corrected chi connectivity index (χ1v) is 5.41. The van der Waals surface area contributed by atoms with E-state index < -0.39 is 0 Å². The fourth-order valence-electron chi connectivity index (χ4n) is 0.928. The number of nitrogens with zero attached hydrogens (tertiary/aromatic N) is 1. The molecule has 0 spiro atoms. The van der Waals surface area contributed by atoms with Crippen LogP contribution in [0.15, 0.2) is 30.4 Å². The zero-order valence-corrected chi connectivity index (χ0v) is 10.2. The number of hydrogen-bond donors (Lipinski definition) is 0. The maximum atomic E-state index is 8.65. The summed E-state index contributed by atoms with van der Waals surface area (Å²) in [5.41, 5.74) is 1.30. The topological polar surface area (TPSA) is 23.8 Å². The van der Waals surface area contributed by atoms with Crippen LogP contribution in [-0.2, 0) is 0 Å². The Kier molecular flexibility index (Phi) is 4.00. The van der Waals surface area contributed by atoms with Crippen LogP contribution in [-0.4, -0.2) is 0 Å². The van der Waals surface area contributed by atoms with Gasteiger partial charge in [0.2, 0.25) is 0 Å². The van der Waals surface area contributed by atoms with Gasteiger partial charge >= 0.3 is 0 Å². The molecule has 4 heteroatoms. The van der Waals surface area contributed by atoms with Gasteiger partial charge in [-0.2, -0.15) is 5.26 Å². The Morgan fingerprint density at radius 3 is 2.57 bits per heavy atom. The lowest BCUT2D eigenvalue weighted by atomic mass is 10.1. The second-order valence-electron chi connectivity index (χ2n) is 2.67. The second kappa shape index (κ2) is 4.84. The van der Waals surface area contributed by atoms with Crippen molar-refractivity contribution in [3.05, 3.63) is 46.0 Å². The van der Waals surface area contributed by atoms with Crippen LogP contribution >= 0.6 is 39.1 Å². The third kappa shape index (κ3) is 2.51. The van der Waals surface area contributed by atoms with Crippen molar-refractivity contribution in [2.75, 3.05) is 0 Å². The van der Waals surface area contributed by atoms with Gasteiger partial charge in [0.1, 0.15) is 0 Å². The molecule has 1 nitrogen and oxygen atoms in total. The molecule has 0 amide bonds. The number of hydrogen-bond acceptors (Lipinski definition) is 1. The fraction of sp³-hybridized carbons (Fsp3) is 0.100. The third-order valence-electron chi connectivity index (χ3n) is 1.69. The van der Waals surface area contributed by atoms with Crippen molar-refractivity contribution in [3.8, 4) is 6.07 Å². The Bertz CT molecular complexity index is 409. The van der Waals surface area contributed by atoms with E-state index in [2.05, 4.69) is 22.5 Å². The van der Waals surface area contributed by atoms with Crippen LogP contribution in [0.5, 0.6) is 0 Å². The molecule has 72 valence electrons. The smallest absolute Gasteiger partial charge is 0.0956 e. The SMILES string of the molecule is C=C(C#N)C(Br)c1ccc(Cl)c(Cl)c1. The minimum atomic E-state index is -0.206. The van der Waals surface area contributed by atoms with Gasteiger partial charge in [0, 0.05) is 5.57 Å². The van der Waals surface area contributed by atoms with Crippen LogP contribution in [0.25, 0.3) is 0 Å². The predicted octanol–water partition coefficient (Wildman–Crippen LogP) is 4.51. The standard InChI is InChI=1S/C10H6BrCl2N/c1-6(5-14)10(11)7-2-3-8(12)9(13)4-7/h2-4,10H,1H2. The van der Waals surface area contributed by atoms with Gasteiger partial charge in [-0.1, -0.05) is 51.8 Å².